The van der Waals surface area contributed by atoms with Crippen molar-refractivity contribution in [2.24, 2.45) is 0 Å². The standard InChI is InChI=1S/C17H17BrN4S/c18-14-7-5-13(6-8-14)17-19-15(11-23-17)9-22-10-16(20-21-22)12-3-1-2-4-12/h5-8,10-12H,1-4,9H2. The van der Waals surface area contributed by atoms with Gasteiger partial charge in [-0.3, -0.25) is 0 Å². The molecule has 1 aliphatic rings. The van der Waals surface area contributed by atoms with E-state index in [0.29, 0.717) is 12.5 Å². The van der Waals surface area contributed by atoms with Gasteiger partial charge in [0.2, 0.25) is 0 Å². The summed E-state index contributed by atoms with van der Waals surface area (Å²) in [5.41, 5.74) is 3.33. The van der Waals surface area contributed by atoms with Crippen molar-refractivity contribution in [1.29, 1.82) is 0 Å². The third-order valence-corrected chi connectivity index (χ3v) is 5.77. The van der Waals surface area contributed by atoms with Crippen molar-refractivity contribution in [3.8, 4) is 10.6 Å². The van der Waals surface area contributed by atoms with Gasteiger partial charge in [0, 0.05) is 27.5 Å². The first kappa shape index (κ1) is 15.0. The Labute approximate surface area is 147 Å². The maximum absolute atomic E-state index is 4.73. The number of hydrogen-bond acceptors (Lipinski definition) is 4. The van der Waals surface area contributed by atoms with Crippen molar-refractivity contribution in [1.82, 2.24) is 20.0 Å². The first-order chi connectivity index (χ1) is 11.3. The molecule has 0 unspecified atom stereocenters. The van der Waals surface area contributed by atoms with Crippen LogP contribution in [0.4, 0.5) is 0 Å². The lowest BCUT2D eigenvalue weighted by Gasteiger charge is -2.01. The van der Waals surface area contributed by atoms with Gasteiger partial charge in [-0.05, 0) is 25.0 Å². The fourth-order valence-electron chi connectivity index (χ4n) is 3.07. The van der Waals surface area contributed by atoms with E-state index in [1.165, 1.54) is 25.7 Å². The van der Waals surface area contributed by atoms with E-state index < -0.39 is 0 Å². The third-order valence-electron chi connectivity index (χ3n) is 4.30. The van der Waals surface area contributed by atoms with Crippen molar-refractivity contribution >= 4 is 27.3 Å². The molecule has 0 spiro atoms. The Hall–Kier alpha value is -1.53. The molecule has 0 saturated heterocycles. The lowest BCUT2D eigenvalue weighted by Crippen LogP contribution is -2.00. The van der Waals surface area contributed by atoms with Crippen LogP contribution in [0, 0.1) is 0 Å². The highest BCUT2D eigenvalue weighted by Crippen LogP contribution is 2.32. The molecule has 0 amide bonds. The van der Waals surface area contributed by atoms with Gasteiger partial charge in [-0.2, -0.15) is 0 Å². The summed E-state index contributed by atoms with van der Waals surface area (Å²) >= 11 is 5.13. The highest BCUT2D eigenvalue weighted by Gasteiger charge is 2.20. The van der Waals surface area contributed by atoms with Crippen molar-refractivity contribution in [2.75, 3.05) is 0 Å². The van der Waals surface area contributed by atoms with Crippen LogP contribution in [0.1, 0.15) is 43.0 Å². The van der Waals surface area contributed by atoms with Gasteiger partial charge in [0.1, 0.15) is 5.01 Å². The maximum atomic E-state index is 4.73. The fourth-order valence-corrected chi connectivity index (χ4v) is 4.15. The number of hydrogen-bond donors (Lipinski definition) is 0. The number of halogens is 1. The van der Waals surface area contributed by atoms with Crippen LogP contribution in [0.5, 0.6) is 0 Å². The van der Waals surface area contributed by atoms with E-state index in [9.17, 15) is 0 Å². The van der Waals surface area contributed by atoms with Crippen LogP contribution in [0.3, 0.4) is 0 Å². The zero-order valence-electron chi connectivity index (χ0n) is 12.7. The molecule has 118 valence electrons. The van der Waals surface area contributed by atoms with Gasteiger partial charge in [-0.15, -0.1) is 16.4 Å². The normalized spacial score (nSPS) is 15.3. The van der Waals surface area contributed by atoms with Crippen molar-refractivity contribution in [3.63, 3.8) is 0 Å². The SMILES string of the molecule is Brc1ccc(-c2nc(Cn3cc(C4CCCC4)nn3)cs2)cc1. The van der Waals surface area contributed by atoms with Crippen LogP contribution in [-0.4, -0.2) is 20.0 Å². The van der Waals surface area contributed by atoms with E-state index in [1.54, 1.807) is 11.3 Å². The zero-order chi connectivity index (χ0) is 15.6. The summed E-state index contributed by atoms with van der Waals surface area (Å²) < 4.78 is 2.99. The molecule has 1 aliphatic carbocycles. The van der Waals surface area contributed by atoms with Crippen molar-refractivity contribution in [3.05, 3.63) is 51.7 Å². The Bertz CT molecular complexity index is 787. The van der Waals surface area contributed by atoms with E-state index in [4.69, 9.17) is 4.98 Å². The van der Waals surface area contributed by atoms with Gasteiger partial charge in [0.15, 0.2) is 0 Å². The summed E-state index contributed by atoms with van der Waals surface area (Å²) in [4.78, 5) is 4.73. The van der Waals surface area contributed by atoms with Gasteiger partial charge in [-0.25, -0.2) is 9.67 Å². The van der Waals surface area contributed by atoms with E-state index in [2.05, 4.69) is 50.0 Å². The lowest BCUT2D eigenvalue weighted by molar-refractivity contribution is 0.639. The number of thiazole rings is 1. The molecule has 4 rings (SSSR count). The Morgan fingerprint density at radius 2 is 1.96 bits per heavy atom. The zero-order valence-corrected chi connectivity index (χ0v) is 15.1. The molecule has 2 heterocycles. The monoisotopic (exact) mass is 388 g/mol. The molecule has 0 atom stereocenters. The molecular formula is C17H17BrN4S. The predicted octanol–water partition coefficient (Wildman–Crippen LogP) is 4.87. The summed E-state index contributed by atoms with van der Waals surface area (Å²) in [6, 6.07) is 8.25. The molecule has 0 aliphatic heterocycles. The number of aromatic nitrogens is 4. The molecule has 1 fully saturated rings. The molecule has 0 bridgehead atoms. The van der Waals surface area contributed by atoms with Gasteiger partial charge < -0.3 is 0 Å². The van der Waals surface area contributed by atoms with Gasteiger partial charge >= 0.3 is 0 Å². The van der Waals surface area contributed by atoms with Gasteiger partial charge in [-0.1, -0.05) is 46.1 Å². The second-order valence-corrected chi connectivity index (χ2v) is 7.75. The molecule has 3 aromatic rings. The van der Waals surface area contributed by atoms with E-state index in [1.807, 2.05) is 16.8 Å². The number of nitrogens with zero attached hydrogens (tertiary/aromatic N) is 4. The molecule has 1 saturated carbocycles. The second-order valence-electron chi connectivity index (χ2n) is 5.97. The molecule has 2 aromatic heterocycles. The number of benzene rings is 1. The van der Waals surface area contributed by atoms with Crippen molar-refractivity contribution in [2.45, 2.75) is 38.1 Å². The highest BCUT2D eigenvalue weighted by atomic mass is 79.9. The first-order valence-electron chi connectivity index (χ1n) is 7.88. The minimum Gasteiger partial charge on any atom is -0.246 e. The molecule has 0 radical (unpaired) electrons. The molecule has 1 aromatic carbocycles. The third kappa shape index (κ3) is 3.38. The molecule has 23 heavy (non-hydrogen) atoms. The van der Waals surface area contributed by atoms with Crippen LogP contribution >= 0.6 is 27.3 Å². The summed E-state index contributed by atoms with van der Waals surface area (Å²) in [7, 11) is 0. The molecule has 0 N–H and O–H groups in total. The average Bonchev–Trinajstić information content (AvgIpc) is 3.29. The van der Waals surface area contributed by atoms with Crippen LogP contribution in [0.15, 0.2) is 40.3 Å². The van der Waals surface area contributed by atoms with Crippen LogP contribution in [0.2, 0.25) is 0 Å². The molecule has 6 heteroatoms. The summed E-state index contributed by atoms with van der Waals surface area (Å²) in [6.07, 6.45) is 7.24. The van der Waals surface area contributed by atoms with E-state index in [-0.39, 0.29) is 0 Å². The summed E-state index contributed by atoms with van der Waals surface area (Å²) in [6.45, 7) is 0.687. The Morgan fingerprint density at radius 3 is 2.74 bits per heavy atom. The summed E-state index contributed by atoms with van der Waals surface area (Å²) in [5.74, 6) is 0.609. The predicted molar refractivity (Wildman–Crippen MR) is 95.6 cm³/mol. The Morgan fingerprint density at radius 1 is 1.17 bits per heavy atom. The first-order valence-corrected chi connectivity index (χ1v) is 9.55. The smallest absolute Gasteiger partial charge is 0.123 e. The van der Waals surface area contributed by atoms with Crippen LogP contribution in [0.25, 0.3) is 10.6 Å². The largest absolute Gasteiger partial charge is 0.246 e. The highest BCUT2D eigenvalue weighted by molar-refractivity contribution is 9.10. The topological polar surface area (TPSA) is 43.6 Å². The Kier molecular flexibility index (Phi) is 4.27. The minimum atomic E-state index is 0.609. The Balaban J connectivity index is 1.48. The fraction of sp³-hybridized carbons (Fsp3) is 0.353. The van der Waals surface area contributed by atoms with Gasteiger partial charge in [0.05, 0.1) is 17.9 Å². The number of rotatable bonds is 4. The molecule has 4 nitrogen and oxygen atoms in total. The quantitative estimate of drug-likeness (QED) is 0.640. The van der Waals surface area contributed by atoms with E-state index >= 15 is 0 Å². The van der Waals surface area contributed by atoms with Crippen LogP contribution < -0.4 is 0 Å². The maximum Gasteiger partial charge on any atom is 0.123 e. The molecular weight excluding hydrogens is 372 g/mol. The lowest BCUT2D eigenvalue weighted by atomic mass is 10.1. The van der Waals surface area contributed by atoms with E-state index in [0.717, 1.165) is 26.4 Å². The summed E-state index contributed by atoms with van der Waals surface area (Å²) in [5, 5.41) is 11.8. The second kappa shape index (κ2) is 6.53. The average molecular weight is 389 g/mol. The van der Waals surface area contributed by atoms with Gasteiger partial charge in [0.25, 0.3) is 0 Å². The van der Waals surface area contributed by atoms with Crippen molar-refractivity contribution < 1.29 is 0 Å². The van der Waals surface area contributed by atoms with Crippen LogP contribution in [-0.2, 0) is 6.54 Å². The minimum absolute atomic E-state index is 0.609.